The van der Waals surface area contributed by atoms with Crippen LogP contribution in [0.4, 0.5) is 0 Å². The number of piperidine rings is 1. The first-order chi connectivity index (χ1) is 3.93. The predicted molar refractivity (Wildman–Crippen MR) is 42.5 cm³/mol. The Morgan fingerprint density at radius 3 is 2.38 bits per heavy atom. The van der Waals surface area contributed by atoms with Crippen molar-refractivity contribution >= 4 is 22.5 Å². The fraction of sp³-hybridized carbons (Fsp3) is 1.00. The minimum atomic E-state index is 0.805. The van der Waals surface area contributed by atoms with Gasteiger partial charge in [0.25, 0.3) is 0 Å². The summed E-state index contributed by atoms with van der Waals surface area (Å²) in [6.45, 7) is 2.36. The second kappa shape index (κ2) is 3.64. The molecule has 1 aliphatic heterocycles. The van der Waals surface area contributed by atoms with Crippen LogP contribution in [0.15, 0.2) is 0 Å². The first-order valence-corrected chi connectivity index (χ1v) is 4.87. The van der Waals surface area contributed by atoms with Gasteiger partial charge in [0.2, 0.25) is 0 Å². The standard InChI is InChI=1S/C5H11NS2/c7-8-5-1-3-6-4-2-5/h5-7H,1-4H2. The molecule has 1 heterocycles. The summed E-state index contributed by atoms with van der Waals surface area (Å²) in [4.78, 5) is 0. The van der Waals surface area contributed by atoms with Crippen LogP contribution in [0.25, 0.3) is 0 Å². The molecule has 48 valence electrons. The Kier molecular flexibility index (Phi) is 3.08. The fourth-order valence-corrected chi connectivity index (χ4v) is 1.98. The topological polar surface area (TPSA) is 12.0 Å². The van der Waals surface area contributed by atoms with Crippen molar-refractivity contribution in [2.75, 3.05) is 13.1 Å². The lowest BCUT2D eigenvalue weighted by Crippen LogP contribution is -2.28. The molecule has 0 aromatic heterocycles. The summed E-state index contributed by atoms with van der Waals surface area (Å²) >= 11 is 4.15. The van der Waals surface area contributed by atoms with Crippen molar-refractivity contribution in [3.05, 3.63) is 0 Å². The third-order valence-electron chi connectivity index (χ3n) is 1.44. The molecule has 0 spiro atoms. The lowest BCUT2D eigenvalue weighted by Gasteiger charge is -2.19. The Bertz CT molecular complexity index is 61.4. The van der Waals surface area contributed by atoms with Crippen LogP contribution in [0.1, 0.15) is 12.8 Å². The highest BCUT2D eigenvalue weighted by molar-refractivity contribution is 8.68. The summed E-state index contributed by atoms with van der Waals surface area (Å²) in [6, 6.07) is 0. The summed E-state index contributed by atoms with van der Waals surface area (Å²) in [5.41, 5.74) is 0. The number of hydrogen-bond donors (Lipinski definition) is 2. The molecule has 8 heavy (non-hydrogen) atoms. The Morgan fingerprint density at radius 2 is 2.00 bits per heavy atom. The molecule has 1 aliphatic rings. The molecule has 0 atom stereocenters. The third kappa shape index (κ3) is 1.88. The molecule has 0 unspecified atom stereocenters. The first-order valence-electron chi connectivity index (χ1n) is 2.94. The Labute approximate surface area is 59.4 Å². The van der Waals surface area contributed by atoms with E-state index in [1.54, 1.807) is 10.8 Å². The zero-order chi connectivity index (χ0) is 5.82. The smallest absolute Gasteiger partial charge is 0.0173 e. The van der Waals surface area contributed by atoms with Crippen LogP contribution in [0.3, 0.4) is 0 Å². The van der Waals surface area contributed by atoms with E-state index < -0.39 is 0 Å². The largest absolute Gasteiger partial charge is 0.317 e. The molecule has 1 N–H and O–H groups in total. The maximum Gasteiger partial charge on any atom is 0.0173 e. The Morgan fingerprint density at radius 1 is 1.38 bits per heavy atom. The molecule has 3 heteroatoms. The zero-order valence-electron chi connectivity index (χ0n) is 4.76. The number of hydrogen-bond acceptors (Lipinski definition) is 3. The van der Waals surface area contributed by atoms with Crippen molar-refractivity contribution in [2.45, 2.75) is 18.1 Å². The molecule has 1 saturated heterocycles. The van der Waals surface area contributed by atoms with Gasteiger partial charge in [0.15, 0.2) is 0 Å². The van der Waals surface area contributed by atoms with Crippen molar-refractivity contribution in [1.29, 1.82) is 0 Å². The second-order valence-electron chi connectivity index (χ2n) is 2.05. The van der Waals surface area contributed by atoms with Crippen LogP contribution in [-0.4, -0.2) is 18.3 Å². The number of rotatable bonds is 1. The molecule has 0 saturated carbocycles. The number of thiol groups is 1. The summed E-state index contributed by atoms with van der Waals surface area (Å²) in [5, 5.41) is 4.11. The minimum Gasteiger partial charge on any atom is -0.317 e. The second-order valence-corrected chi connectivity index (χ2v) is 3.56. The average molecular weight is 149 g/mol. The van der Waals surface area contributed by atoms with E-state index in [4.69, 9.17) is 0 Å². The highest BCUT2D eigenvalue weighted by atomic mass is 33.1. The van der Waals surface area contributed by atoms with Crippen LogP contribution in [0.2, 0.25) is 0 Å². The van der Waals surface area contributed by atoms with Gasteiger partial charge in [0.1, 0.15) is 0 Å². The van der Waals surface area contributed by atoms with Gasteiger partial charge in [-0.15, -0.1) is 11.7 Å². The van der Waals surface area contributed by atoms with Gasteiger partial charge in [-0.05, 0) is 25.9 Å². The zero-order valence-corrected chi connectivity index (χ0v) is 6.47. The van der Waals surface area contributed by atoms with Gasteiger partial charge in [-0.25, -0.2) is 0 Å². The van der Waals surface area contributed by atoms with Crippen molar-refractivity contribution in [2.24, 2.45) is 0 Å². The molecule has 1 fully saturated rings. The maximum absolute atomic E-state index is 4.15. The van der Waals surface area contributed by atoms with Crippen molar-refractivity contribution in [3.8, 4) is 0 Å². The quantitative estimate of drug-likeness (QED) is 0.431. The lowest BCUT2D eigenvalue weighted by atomic mass is 10.2. The molecule has 0 aliphatic carbocycles. The van der Waals surface area contributed by atoms with E-state index in [1.165, 1.54) is 25.9 Å². The van der Waals surface area contributed by atoms with E-state index >= 15 is 0 Å². The van der Waals surface area contributed by atoms with Crippen LogP contribution in [0, 0.1) is 0 Å². The van der Waals surface area contributed by atoms with Crippen LogP contribution in [-0.2, 0) is 0 Å². The van der Waals surface area contributed by atoms with Gasteiger partial charge in [0.05, 0.1) is 0 Å². The van der Waals surface area contributed by atoms with Crippen molar-refractivity contribution in [3.63, 3.8) is 0 Å². The summed E-state index contributed by atoms with van der Waals surface area (Å²) in [5.74, 6) is 0. The predicted octanol–water partition coefficient (Wildman–Crippen LogP) is 1.32. The van der Waals surface area contributed by atoms with Crippen LogP contribution >= 0.6 is 22.5 Å². The van der Waals surface area contributed by atoms with E-state index in [1.807, 2.05) is 0 Å². The summed E-state index contributed by atoms with van der Waals surface area (Å²) < 4.78 is 0. The monoisotopic (exact) mass is 149 g/mol. The van der Waals surface area contributed by atoms with Gasteiger partial charge in [-0.2, -0.15) is 0 Å². The van der Waals surface area contributed by atoms with E-state index in [9.17, 15) is 0 Å². The van der Waals surface area contributed by atoms with Gasteiger partial charge in [0, 0.05) is 5.25 Å². The van der Waals surface area contributed by atoms with E-state index in [-0.39, 0.29) is 0 Å². The van der Waals surface area contributed by atoms with E-state index in [0.29, 0.717) is 0 Å². The fourth-order valence-electron chi connectivity index (χ4n) is 0.901. The normalized spacial score (nSPS) is 23.6. The molecule has 1 nitrogen and oxygen atoms in total. The molecule has 0 radical (unpaired) electrons. The molecule has 0 bridgehead atoms. The van der Waals surface area contributed by atoms with E-state index in [2.05, 4.69) is 17.0 Å². The Balaban J connectivity index is 2.13. The number of nitrogens with one attached hydrogen (secondary N) is 1. The summed E-state index contributed by atoms with van der Waals surface area (Å²) in [6.07, 6.45) is 2.57. The van der Waals surface area contributed by atoms with Gasteiger partial charge >= 0.3 is 0 Å². The Hall–Kier alpha value is 0.660. The van der Waals surface area contributed by atoms with Gasteiger partial charge in [-0.3, -0.25) is 0 Å². The van der Waals surface area contributed by atoms with Crippen LogP contribution < -0.4 is 5.32 Å². The van der Waals surface area contributed by atoms with Gasteiger partial charge in [-0.1, -0.05) is 10.8 Å². The van der Waals surface area contributed by atoms with Gasteiger partial charge < -0.3 is 5.32 Å². The van der Waals surface area contributed by atoms with Crippen LogP contribution in [0.5, 0.6) is 0 Å². The molecule has 0 aromatic rings. The molecular formula is C5H11NS2. The minimum absolute atomic E-state index is 0.805. The summed E-state index contributed by atoms with van der Waals surface area (Å²) in [7, 11) is 1.70. The average Bonchev–Trinajstić information content (AvgIpc) is 1.90. The third-order valence-corrected chi connectivity index (χ3v) is 3.10. The van der Waals surface area contributed by atoms with Crippen molar-refractivity contribution in [1.82, 2.24) is 5.32 Å². The van der Waals surface area contributed by atoms with Crippen molar-refractivity contribution < 1.29 is 0 Å². The molecular weight excluding hydrogens is 138 g/mol. The first kappa shape index (κ1) is 6.78. The SMILES string of the molecule is SSC1CCNCC1. The highest BCUT2D eigenvalue weighted by Crippen LogP contribution is 2.22. The highest BCUT2D eigenvalue weighted by Gasteiger charge is 2.10. The molecule has 1 rings (SSSR count). The lowest BCUT2D eigenvalue weighted by molar-refractivity contribution is 0.533. The molecule has 0 aromatic carbocycles. The molecule has 0 amide bonds. The van der Waals surface area contributed by atoms with E-state index in [0.717, 1.165) is 5.25 Å². The maximum atomic E-state index is 4.15.